The summed E-state index contributed by atoms with van der Waals surface area (Å²) in [6, 6.07) is 14.7. The number of hydrogen-bond donors (Lipinski definition) is 1. The molecule has 3 aromatic rings. The van der Waals surface area contributed by atoms with Crippen LogP contribution in [-0.4, -0.2) is 35.9 Å². The molecule has 32 heavy (non-hydrogen) atoms. The summed E-state index contributed by atoms with van der Waals surface area (Å²) in [7, 11) is 3.03. The van der Waals surface area contributed by atoms with Gasteiger partial charge in [0.2, 0.25) is 0 Å². The first kappa shape index (κ1) is 21.2. The van der Waals surface area contributed by atoms with Crippen molar-refractivity contribution < 1.29 is 28.6 Å². The topological polar surface area (TPSA) is 89.2 Å². The Morgan fingerprint density at radius 3 is 2.44 bits per heavy atom. The van der Waals surface area contributed by atoms with E-state index in [1.165, 1.54) is 25.4 Å². The first-order valence-electron chi connectivity index (χ1n) is 10.0. The highest BCUT2D eigenvalue weighted by Crippen LogP contribution is 2.44. The van der Waals surface area contributed by atoms with Gasteiger partial charge in [0.05, 0.1) is 38.6 Å². The molecule has 0 aliphatic carbocycles. The quantitative estimate of drug-likeness (QED) is 0.356. The molecule has 2 aromatic carbocycles. The van der Waals surface area contributed by atoms with Gasteiger partial charge in [-0.25, -0.2) is 0 Å². The molecule has 4 rings (SSSR count). The minimum Gasteiger partial charge on any atom is -0.507 e. The third kappa shape index (κ3) is 3.73. The summed E-state index contributed by atoms with van der Waals surface area (Å²) in [5.41, 5.74) is 1.95. The van der Waals surface area contributed by atoms with Crippen molar-refractivity contribution in [1.29, 1.82) is 0 Å². The van der Waals surface area contributed by atoms with E-state index in [4.69, 9.17) is 13.9 Å². The maximum absolute atomic E-state index is 13.2. The average molecular weight is 433 g/mol. The molecule has 1 saturated heterocycles. The summed E-state index contributed by atoms with van der Waals surface area (Å²) in [6.07, 6.45) is 1.50. The van der Waals surface area contributed by atoms with Crippen LogP contribution in [0, 0.1) is 6.92 Å². The summed E-state index contributed by atoms with van der Waals surface area (Å²) in [6.45, 7) is 1.97. The van der Waals surface area contributed by atoms with Crippen LogP contribution in [-0.2, 0) is 16.1 Å². The predicted octanol–water partition coefficient (Wildman–Crippen LogP) is 4.23. The number of Topliss-reactive ketones (excluding diaryl/α,β-unsaturated/α-hetero) is 1. The number of rotatable bonds is 6. The maximum Gasteiger partial charge on any atom is 0.296 e. The van der Waals surface area contributed by atoms with E-state index in [2.05, 4.69) is 0 Å². The molecule has 1 atom stereocenters. The Labute approximate surface area is 185 Å². The molecule has 1 N–H and O–H groups in total. The first-order chi connectivity index (χ1) is 15.4. The van der Waals surface area contributed by atoms with Crippen molar-refractivity contribution in [3.8, 4) is 11.5 Å². The molecular weight excluding hydrogens is 410 g/mol. The number of benzene rings is 2. The van der Waals surface area contributed by atoms with Crippen molar-refractivity contribution in [3.63, 3.8) is 0 Å². The second-order valence-corrected chi connectivity index (χ2v) is 7.48. The second-order valence-electron chi connectivity index (χ2n) is 7.48. The van der Waals surface area contributed by atoms with Crippen LogP contribution < -0.4 is 9.47 Å². The van der Waals surface area contributed by atoms with Crippen LogP contribution in [0.2, 0.25) is 0 Å². The van der Waals surface area contributed by atoms with E-state index in [1.54, 1.807) is 42.5 Å². The molecule has 1 amide bonds. The molecular formula is C25H23NO6. The van der Waals surface area contributed by atoms with Gasteiger partial charge in [-0.15, -0.1) is 0 Å². The molecule has 0 unspecified atom stereocenters. The Kier molecular flexibility index (Phi) is 5.73. The van der Waals surface area contributed by atoms with Gasteiger partial charge in [-0.1, -0.05) is 29.8 Å². The highest BCUT2D eigenvalue weighted by atomic mass is 16.5. The van der Waals surface area contributed by atoms with E-state index in [0.717, 1.165) is 5.56 Å². The number of hydrogen-bond acceptors (Lipinski definition) is 6. The van der Waals surface area contributed by atoms with Gasteiger partial charge in [0, 0.05) is 11.1 Å². The van der Waals surface area contributed by atoms with Crippen molar-refractivity contribution in [3.05, 3.63) is 88.9 Å². The molecule has 7 nitrogen and oxygen atoms in total. The average Bonchev–Trinajstić information content (AvgIpc) is 3.41. The van der Waals surface area contributed by atoms with Crippen LogP contribution in [0.1, 0.15) is 28.5 Å². The second kappa shape index (κ2) is 8.63. The molecule has 0 bridgehead atoms. The number of aryl methyl sites for hydroxylation is 1. The number of nitrogens with zero attached hydrogens (tertiary/aromatic N) is 1. The lowest BCUT2D eigenvalue weighted by Crippen LogP contribution is -2.29. The van der Waals surface area contributed by atoms with Crippen LogP contribution >= 0.6 is 0 Å². The summed E-state index contributed by atoms with van der Waals surface area (Å²) < 4.78 is 16.3. The lowest BCUT2D eigenvalue weighted by Gasteiger charge is -2.26. The molecule has 1 aliphatic heterocycles. The monoisotopic (exact) mass is 433 g/mol. The van der Waals surface area contributed by atoms with Crippen LogP contribution in [0.15, 0.2) is 70.9 Å². The number of ketones is 1. The predicted molar refractivity (Wildman–Crippen MR) is 117 cm³/mol. The fraction of sp³-hybridized carbons (Fsp3) is 0.200. The van der Waals surface area contributed by atoms with Gasteiger partial charge in [0.15, 0.2) is 0 Å². The zero-order valence-corrected chi connectivity index (χ0v) is 18.0. The number of aliphatic hydroxyl groups is 1. The van der Waals surface area contributed by atoms with E-state index in [0.29, 0.717) is 28.4 Å². The van der Waals surface area contributed by atoms with Gasteiger partial charge >= 0.3 is 0 Å². The molecule has 1 aliphatic rings. The van der Waals surface area contributed by atoms with Crippen LogP contribution in [0.5, 0.6) is 11.5 Å². The van der Waals surface area contributed by atoms with Gasteiger partial charge in [-0.05, 0) is 37.3 Å². The zero-order chi connectivity index (χ0) is 22.8. The summed E-state index contributed by atoms with van der Waals surface area (Å²) in [4.78, 5) is 27.6. The number of furan rings is 1. The number of likely N-dealkylation sites (tertiary alicyclic amines) is 1. The van der Waals surface area contributed by atoms with Crippen molar-refractivity contribution in [2.75, 3.05) is 14.2 Å². The van der Waals surface area contributed by atoms with Crippen molar-refractivity contribution >= 4 is 17.4 Å². The summed E-state index contributed by atoms with van der Waals surface area (Å²) in [5.74, 6) is -0.264. The number of carbonyl (C=O) groups excluding carboxylic acids is 2. The van der Waals surface area contributed by atoms with Crippen LogP contribution in [0.4, 0.5) is 0 Å². The van der Waals surface area contributed by atoms with Crippen molar-refractivity contribution in [1.82, 2.24) is 4.90 Å². The Balaban J connectivity index is 1.93. The van der Waals surface area contributed by atoms with E-state index < -0.39 is 17.7 Å². The fourth-order valence-corrected chi connectivity index (χ4v) is 3.86. The lowest BCUT2D eigenvalue weighted by atomic mass is 9.94. The zero-order valence-electron chi connectivity index (χ0n) is 18.0. The van der Waals surface area contributed by atoms with Gasteiger partial charge < -0.3 is 23.9 Å². The maximum atomic E-state index is 13.2. The molecule has 1 fully saturated rings. The minimum absolute atomic E-state index is 0.0167. The SMILES string of the molecule is COc1ccc(OC)c([C@@H]2/C(=C(\O)c3ccc(C)cc3)C(=O)C(=O)N2Cc2ccco2)c1. The Morgan fingerprint density at radius 1 is 1.06 bits per heavy atom. The largest absolute Gasteiger partial charge is 0.507 e. The lowest BCUT2D eigenvalue weighted by molar-refractivity contribution is -0.140. The van der Waals surface area contributed by atoms with Crippen LogP contribution in [0.3, 0.4) is 0 Å². The Bertz CT molecular complexity index is 1180. The van der Waals surface area contributed by atoms with E-state index in [9.17, 15) is 14.7 Å². The standard InChI is InChI=1S/C25H23NO6/c1-15-6-8-16(9-7-15)23(27)21-22(19-13-17(30-2)10-11-20(19)31-3)26(25(29)24(21)28)14-18-5-4-12-32-18/h4-13,22,27H,14H2,1-3H3/b23-21+/t22-/m1/s1. The number of aliphatic hydroxyl groups excluding tert-OH is 1. The van der Waals surface area contributed by atoms with Gasteiger partial charge in [0.1, 0.15) is 23.0 Å². The third-order valence-corrected chi connectivity index (χ3v) is 5.50. The van der Waals surface area contributed by atoms with Crippen molar-refractivity contribution in [2.24, 2.45) is 0 Å². The van der Waals surface area contributed by atoms with Gasteiger partial charge in [0.25, 0.3) is 11.7 Å². The van der Waals surface area contributed by atoms with Crippen molar-refractivity contribution in [2.45, 2.75) is 19.5 Å². The highest BCUT2D eigenvalue weighted by molar-refractivity contribution is 6.46. The van der Waals surface area contributed by atoms with E-state index >= 15 is 0 Å². The summed E-state index contributed by atoms with van der Waals surface area (Å²) in [5, 5.41) is 11.1. The molecule has 2 heterocycles. The first-order valence-corrected chi connectivity index (χ1v) is 10.0. The molecule has 1 aromatic heterocycles. The molecule has 0 saturated carbocycles. The van der Waals surface area contributed by atoms with Gasteiger partial charge in [-0.3, -0.25) is 9.59 Å². The van der Waals surface area contributed by atoms with E-state index in [1.807, 2.05) is 19.1 Å². The molecule has 0 spiro atoms. The van der Waals surface area contributed by atoms with Gasteiger partial charge in [-0.2, -0.15) is 0 Å². The normalized spacial score (nSPS) is 17.6. The molecule has 7 heteroatoms. The summed E-state index contributed by atoms with van der Waals surface area (Å²) >= 11 is 0. The third-order valence-electron chi connectivity index (χ3n) is 5.50. The fourth-order valence-electron chi connectivity index (χ4n) is 3.86. The number of ether oxygens (including phenoxy) is 2. The smallest absolute Gasteiger partial charge is 0.296 e. The minimum atomic E-state index is -0.897. The highest BCUT2D eigenvalue weighted by Gasteiger charge is 2.47. The Morgan fingerprint density at radius 2 is 1.81 bits per heavy atom. The molecule has 164 valence electrons. The number of amides is 1. The van der Waals surface area contributed by atoms with Crippen LogP contribution in [0.25, 0.3) is 5.76 Å². The molecule has 0 radical (unpaired) electrons. The Hall–Kier alpha value is -4.00. The number of methoxy groups -OCH3 is 2. The van der Waals surface area contributed by atoms with E-state index in [-0.39, 0.29) is 17.9 Å². The number of carbonyl (C=O) groups is 2.